The highest BCUT2D eigenvalue weighted by Gasteiger charge is 2.24. The Hall–Kier alpha value is -0.900. The summed E-state index contributed by atoms with van der Waals surface area (Å²) in [5.41, 5.74) is 0. The molecule has 0 bridgehead atoms. The number of nitrogens with zero attached hydrogens (tertiary/aromatic N) is 2. The van der Waals surface area contributed by atoms with Crippen LogP contribution < -0.4 is 5.32 Å². The van der Waals surface area contributed by atoms with Gasteiger partial charge in [0.2, 0.25) is 0 Å². The summed E-state index contributed by atoms with van der Waals surface area (Å²) in [6.45, 7) is 6.46. The molecule has 4 heteroatoms. The van der Waals surface area contributed by atoms with Crippen molar-refractivity contribution < 1.29 is 0 Å². The molecule has 2 atom stereocenters. The summed E-state index contributed by atoms with van der Waals surface area (Å²) >= 11 is 0. The van der Waals surface area contributed by atoms with Crippen molar-refractivity contribution in [3.63, 3.8) is 0 Å². The average Bonchev–Trinajstić information content (AvgIpc) is 2.93. The van der Waals surface area contributed by atoms with E-state index < -0.39 is 0 Å². The van der Waals surface area contributed by atoms with E-state index in [-0.39, 0.29) is 6.04 Å². The second-order valence-corrected chi connectivity index (χ2v) is 4.96. The van der Waals surface area contributed by atoms with E-state index in [9.17, 15) is 0 Å². The minimum atomic E-state index is 0.241. The molecule has 1 aromatic heterocycles. The zero-order chi connectivity index (χ0) is 11.5. The van der Waals surface area contributed by atoms with E-state index >= 15 is 0 Å². The molecule has 2 rings (SSSR count). The Morgan fingerprint density at radius 2 is 2.19 bits per heavy atom. The van der Waals surface area contributed by atoms with Crippen molar-refractivity contribution in [2.45, 2.75) is 58.5 Å². The van der Waals surface area contributed by atoms with Gasteiger partial charge in [0.25, 0.3) is 0 Å². The van der Waals surface area contributed by atoms with E-state index in [4.69, 9.17) is 0 Å². The van der Waals surface area contributed by atoms with Crippen LogP contribution in [-0.2, 0) is 6.42 Å². The second kappa shape index (κ2) is 4.95. The van der Waals surface area contributed by atoms with Crippen molar-refractivity contribution in [2.24, 2.45) is 5.92 Å². The third-order valence-corrected chi connectivity index (χ3v) is 3.19. The Labute approximate surface area is 97.2 Å². The Bertz CT molecular complexity index is 330. The van der Waals surface area contributed by atoms with Gasteiger partial charge >= 0.3 is 0 Å². The van der Waals surface area contributed by atoms with Gasteiger partial charge < -0.3 is 5.32 Å². The molecule has 0 spiro atoms. The summed E-state index contributed by atoms with van der Waals surface area (Å²) in [6.07, 6.45) is 5.04. The van der Waals surface area contributed by atoms with Crippen LogP contribution in [0, 0.1) is 5.92 Å². The molecule has 0 aromatic carbocycles. The van der Waals surface area contributed by atoms with Gasteiger partial charge in [-0.05, 0) is 26.2 Å². The number of nitrogens with one attached hydrogen (secondary N) is 2. The van der Waals surface area contributed by atoms with E-state index in [0.29, 0.717) is 6.04 Å². The number of hydrogen-bond donors (Lipinski definition) is 2. The molecule has 1 aromatic rings. The first kappa shape index (κ1) is 11.6. The smallest absolute Gasteiger partial charge is 0.167 e. The molecule has 4 nitrogen and oxygen atoms in total. The lowest BCUT2D eigenvalue weighted by molar-refractivity contribution is 0.428. The van der Waals surface area contributed by atoms with Gasteiger partial charge in [-0.25, -0.2) is 4.98 Å². The quantitative estimate of drug-likeness (QED) is 0.776. The van der Waals surface area contributed by atoms with Crippen LogP contribution in [0.5, 0.6) is 0 Å². The van der Waals surface area contributed by atoms with Crippen LogP contribution >= 0.6 is 0 Å². The molecule has 1 aliphatic rings. The SMILES string of the molecule is CCc1nc(C(C)NC(C)CC2CC2)n[nH]1. The van der Waals surface area contributed by atoms with Crippen LogP contribution in [0.25, 0.3) is 0 Å². The van der Waals surface area contributed by atoms with Gasteiger partial charge in [-0.1, -0.05) is 19.8 Å². The van der Waals surface area contributed by atoms with Crippen molar-refractivity contribution in [1.29, 1.82) is 0 Å². The maximum atomic E-state index is 4.45. The maximum absolute atomic E-state index is 4.45. The molecule has 0 aliphatic heterocycles. The summed E-state index contributed by atoms with van der Waals surface area (Å²) in [4.78, 5) is 4.45. The summed E-state index contributed by atoms with van der Waals surface area (Å²) in [5.74, 6) is 2.83. The minimum absolute atomic E-state index is 0.241. The first-order valence-electron chi connectivity index (χ1n) is 6.36. The van der Waals surface area contributed by atoms with E-state index in [1.165, 1.54) is 19.3 Å². The van der Waals surface area contributed by atoms with Crippen molar-refractivity contribution in [3.05, 3.63) is 11.6 Å². The summed E-state index contributed by atoms with van der Waals surface area (Å²) < 4.78 is 0. The highest BCUT2D eigenvalue weighted by Crippen LogP contribution is 2.33. The van der Waals surface area contributed by atoms with Crippen molar-refractivity contribution in [2.75, 3.05) is 0 Å². The Kier molecular flexibility index (Phi) is 3.59. The summed E-state index contributed by atoms with van der Waals surface area (Å²) in [7, 11) is 0. The van der Waals surface area contributed by atoms with Crippen LogP contribution in [0.1, 0.15) is 57.7 Å². The lowest BCUT2D eigenvalue weighted by atomic mass is 10.1. The normalized spacial score (nSPS) is 19.7. The van der Waals surface area contributed by atoms with Crippen molar-refractivity contribution in [3.8, 4) is 0 Å². The molecule has 1 aliphatic carbocycles. The van der Waals surface area contributed by atoms with Crippen molar-refractivity contribution >= 4 is 0 Å². The molecule has 2 N–H and O–H groups in total. The lowest BCUT2D eigenvalue weighted by Crippen LogP contribution is -2.30. The van der Waals surface area contributed by atoms with Crippen LogP contribution in [0.3, 0.4) is 0 Å². The first-order chi connectivity index (χ1) is 7.69. The van der Waals surface area contributed by atoms with Crippen LogP contribution in [0.2, 0.25) is 0 Å². The largest absolute Gasteiger partial charge is 0.305 e. The predicted octanol–water partition coefficient (Wildman–Crippen LogP) is 2.21. The molecule has 1 heterocycles. The van der Waals surface area contributed by atoms with Gasteiger partial charge in [-0.15, -0.1) is 0 Å². The van der Waals surface area contributed by atoms with Crippen LogP contribution in [0.15, 0.2) is 0 Å². The third kappa shape index (κ3) is 3.04. The van der Waals surface area contributed by atoms with Crippen LogP contribution in [-0.4, -0.2) is 21.2 Å². The van der Waals surface area contributed by atoms with E-state index in [0.717, 1.165) is 24.0 Å². The van der Waals surface area contributed by atoms with Gasteiger partial charge in [0.05, 0.1) is 6.04 Å². The summed E-state index contributed by atoms with van der Waals surface area (Å²) in [6, 6.07) is 0.802. The predicted molar refractivity (Wildman–Crippen MR) is 64.1 cm³/mol. The fourth-order valence-electron chi connectivity index (χ4n) is 2.08. The molecular formula is C12H22N4. The third-order valence-electron chi connectivity index (χ3n) is 3.19. The molecule has 0 radical (unpaired) electrons. The Morgan fingerprint density at radius 3 is 2.75 bits per heavy atom. The molecule has 0 saturated heterocycles. The molecule has 1 fully saturated rings. The molecule has 1 saturated carbocycles. The van der Waals surface area contributed by atoms with Gasteiger partial charge in [0, 0.05) is 12.5 Å². The van der Waals surface area contributed by atoms with Crippen molar-refractivity contribution in [1.82, 2.24) is 20.5 Å². The molecule has 16 heavy (non-hydrogen) atoms. The minimum Gasteiger partial charge on any atom is -0.305 e. The van der Waals surface area contributed by atoms with Crippen LogP contribution in [0.4, 0.5) is 0 Å². The zero-order valence-electron chi connectivity index (χ0n) is 10.5. The Morgan fingerprint density at radius 1 is 1.44 bits per heavy atom. The molecule has 90 valence electrons. The fraction of sp³-hybridized carbons (Fsp3) is 0.833. The topological polar surface area (TPSA) is 53.6 Å². The zero-order valence-corrected chi connectivity index (χ0v) is 10.5. The molecular weight excluding hydrogens is 200 g/mol. The van der Waals surface area contributed by atoms with E-state index in [1.54, 1.807) is 0 Å². The monoisotopic (exact) mass is 222 g/mol. The number of H-pyrrole nitrogens is 1. The lowest BCUT2D eigenvalue weighted by Gasteiger charge is -2.17. The highest BCUT2D eigenvalue weighted by molar-refractivity contribution is 4.96. The number of aromatic amines is 1. The maximum Gasteiger partial charge on any atom is 0.167 e. The molecule has 2 unspecified atom stereocenters. The number of rotatable bonds is 6. The first-order valence-corrected chi connectivity index (χ1v) is 6.36. The second-order valence-electron chi connectivity index (χ2n) is 4.96. The number of hydrogen-bond acceptors (Lipinski definition) is 3. The van der Waals surface area contributed by atoms with E-state index in [2.05, 4.69) is 41.3 Å². The molecule has 0 amide bonds. The number of aryl methyl sites for hydroxylation is 1. The average molecular weight is 222 g/mol. The number of aromatic nitrogens is 3. The van der Waals surface area contributed by atoms with Gasteiger partial charge in [-0.2, -0.15) is 5.10 Å². The standard InChI is InChI=1S/C12H22N4/c1-4-11-14-12(16-15-11)9(3)13-8(2)7-10-5-6-10/h8-10,13H,4-7H2,1-3H3,(H,14,15,16). The fourth-order valence-corrected chi connectivity index (χ4v) is 2.08. The van der Waals surface area contributed by atoms with E-state index in [1.807, 2.05) is 0 Å². The van der Waals surface area contributed by atoms with Gasteiger partial charge in [-0.3, -0.25) is 5.10 Å². The Balaban J connectivity index is 1.83. The van der Waals surface area contributed by atoms with Gasteiger partial charge in [0.15, 0.2) is 5.82 Å². The highest BCUT2D eigenvalue weighted by atomic mass is 15.2. The van der Waals surface area contributed by atoms with Gasteiger partial charge in [0.1, 0.15) is 5.82 Å². The summed E-state index contributed by atoms with van der Waals surface area (Å²) in [5, 5.41) is 10.8.